The molecule has 2 N–H and O–H groups in total. The Morgan fingerprint density at radius 1 is 1.71 bits per heavy atom. The number of ether oxygens (including phenoxy) is 1. The molecule has 0 spiro atoms. The third-order valence-electron chi connectivity index (χ3n) is 2.22. The molecule has 0 amide bonds. The first-order valence-electron chi connectivity index (χ1n) is 5.00. The summed E-state index contributed by atoms with van der Waals surface area (Å²) in [4.78, 5) is 11.1. The van der Waals surface area contributed by atoms with E-state index >= 15 is 0 Å². The molecule has 1 aromatic carbocycles. The second kappa shape index (κ2) is 6.42. The topological polar surface area (TPSA) is 58.6 Å². The lowest BCUT2D eigenvalue weighted by molar-refractivity contribution is -0.139. The Labute approximate surface area is 108 Å². The Hall–Kier alpha value is -1.33. The van der Waals surface area contributed by atoms with Gasteiger partial charge in [-0.15, -0.1) is 6.58 Å². The fraction of sp³-hybridized carbons (Fsp3) is 0.250. The SMILES string of the molecule is C=CCNC(C(=O)O)c1ccc(OC)c(Br)c1. The number of carboxylic acid groups (broad SMARTS) is 1. The van der Waals surface area contributed by atoms with E-state index in [1.165, 1.54) is 0 Å². The van der Waals surface area contributed by atoms with Crippen LogP contribution in [0.1, 0.15) is 11.6 Å². The number of methoxy groups -OCH3 is 1. The molecule has 17 heavy (non-hydrogen) atoms. The van der Waals surface area contributed by atoms with Crippen LogP contribution in [-0.2, 0) is 4.79 Å². The van der Waals surface area contributed by atoms with Crippen molar-refractivity contribution in [3.8, 4) is 5.75 Å². The molecule has 5 heteroatoms. The van der Waals surface area contributed by atoms with Gasteiger partial charge in [-0.1, -0.05) is 12.1 Å². The van der Waals surface area contributed by atoms with Crippen molar-refractivity contribution in [2.75, 3.05) is 13.7 Å². The van der Waals surface area contributed by atoms with Crippen molar-refractivity contribution in [2.24, 2.45) is 0 Å². The van der Waals surface area contributed by atoms with Gasteiger partial charge in [0.05, 0.1) is 11.6 Å². The van der Waals surface area contributed by atoms with E-state index in [4.69, 9.17) is 9.84 Å². The van der Waals surface area contributed by atoms with Crippen molar-refractivity contribution in [2.45, 2.75) is 6.04 Å². The zero-order valence-corrected chi connectivity index (χ0v) is 11.0. The molecule has 92 valence electrons. The molecule has 1 unspecified atom stereocenters. The van der Waals surface area contributed by atoms with E-state index in [2.05, 4.69) is 27.8 Å². The molecule has 0 aromatic heterocycles. The average molecular weight is 300 g/mol. The number of halogens is 1. The maximum atomic E-state index is 11.1. The second-order valence-corrected chi connectivity index (χ2v) is 4.22. The summed E-state index contributed by atoms with van der Waals surface area (Å²) >= 11 is 3.33. The van der Waals surface area contributed by atoms with Gasteiger partial charge in [-0.3, -0.25) is 10.1 Å². The van der Waals surface area contributed by atoms with Gasteiger partial charge in [0.15, 0.2) is 0 Å². The normalized spacial score (nSPS) is 11.9. The van der Waals surface area contributed by atoms with E-state index in [9.17, 15) is 4.79 Å². The second-order valence-electron chi connectivity index (χ2n) is 3.36. The lowest BCUT2D eigenvalue weighted by Gasteiger charge is -2.14. The fourth-order valence-electron chi connectivity index (χ4n) is 1.41. The highest BCUT2D eigenvalue weighted by atomic mass is 79.9. The molecule has 1 atom stereocenters. The highest BCUT2D eigenvalue weighted by Gasteiger charge is 2.19. The lowest BCUT2D eigenvalue weighted by atomic mass is 10.1. The molecule has 0 heterocycles. The van der Waals surface area contributed by atoms with E-state index in [0.29, 0.717) is 17.9 Å². The number of carboxylic acids is 1. The summed E-state index contributed by atoms with van der Waals surface area (Å²) in [6.07, 6.45) is 1.62. The van der Waals surface area contributed by atoms with E-state index in [-0.39, 0.29) is 0 Å². The van der Waals surface area contributed by atoms with Crippen LogP contribution in [0.2, 0.25) is 0 Å². The minimum absolute atomic E-state index is 0.431. The fourth-order valence-corrected chi connectivity index (χ4v) is 1.97. The van der Waals surface area contributed by atoms with Gasteiger partial charge >= 0.3 is 5.97 Å². The molecule has 0 radical (unpaired) electrons. The Morgan fingerprint density at radius 2 is 2.41 bits per heavy atom. The molecular weight excluding hydrogens is 286 g/mol. The summed E-state index contributed by atoms with van der Waals surface area (Å²) in [5.41, 5.74) is 0.659. The third-order valence-corrected chi connectivity index (χ3v) is 2.84. The van der Waals surface area contributed by atoms with Crippen molar-refractivity contribution in [1.82, 2.24) is 5.32 Å². The Morgan fingerprint density at radius 3 is 2.88 bits per heavy atom. The van der Waals surface area contributed by atoms with Crippen LogP contribution < -0.4 is 10.1 Å². The van der Waals surface area contributed by atoms with Crippen LogP contribution in [0.25, 0.3) is 0 Å². The largest absolute Gasteiger partial charge is 0.496 e. The van der Waals surface area contributed by atoms with Crippen LogP contribution in [-0.4, -0.2) is 24.7 Å². The maximum absolute atomic E-state index is 11.1. The van der Waals surface area contributed by atoms with Crippen molar-refractivity contribution in [3.05, 3.63) is 40.9 Å². The number of hydrogen-bond donors (Lipinski definition) is 2. The molecule has 4 nitrogen and oxygen atoms in total. The number of benzene rings is 1. The zero-order valence-electron chi connectivity index (χ0n) is 9.44. The smallest absolute Gasteiger partial charge is 0.325 e. The first kappa shape index (κ1) is 13.7. The van der Waals surface area contributed by atoms with Gasteiger partial charge in [0, 0.05) is 6.54 Å². The van der Waals surface area contributed by atoms with E-state index in [0.717, 1.165) is 4.47 Å². The van der Waals surface area contributed by atoms with Crippen LogP contribution in [0.15, 0.2) is 35.3 Å². The number of aliphatic carboxylic acids is 1. The van der Waals surface area contributed by atoms with Gasteiger partial charge in [-0.2, -0.15) is 0 Å². The monoisotopic (exact) mass is 299 g/mol. The molecular formula is C12H14BrNO3. The van der Waals surface area contributed by atoms with Gasteiger partial charge in [-0.25, -0.2) is 0 Å². The third kappa shape index (κ3) is 3.57. The van der Waals surface area contributed by atoms with Crippen LogP contribution in [0.4, 0.5) is 0 Å². The first-order valence-corrected chi connectivity index (χ1v) is 5.80. The van der Waals surface area contributed by atoms with Crippen molar-refractivity contribution in [1.29, 1.82) is 0 Å². The quantitative estimate of drug-likeness (QED) is 0.792. The molecule has 1 aromatic rings. The summed E-state index contributed by atoms with van der Waals surface area (Å²) in [6, 6.07) is 4.42. The van der Waals surface area contributed by atoms with Crippen LogP contribution in [0, 0.1) is 0 Å². The highest BCUT2D eigenvalue weighted by Crippen LogP contribution is 2.28. The predicted octanol–water partition coefficient (Wildman–Crippen LogP) is 2.36. The van der Waals surface area contributed by atoms with E-state index < -0.39 is 12.0 Å². The van der Waals surface area contributed by atoms with E-state index in [1.807, 2.05) is 0 Å². The minimum atomic E-state index is -0.927. The highest BCUT2D eigenvalue weighted by molar-refractivity contribution is 9.10. The number of hydrogen-bond acceptors (Lipinski definition) is 3. The number of rotatable bonds is 6. The van der Waals surface area contributed by atoms with Gasteiger partial charge < -0.3 is 9.84 Å². The Balaban J connectivity index is 2.98. The Bertz CT molecular complexity index is 420. The lowest BCUT2D eigenvalue weighted by Crippen LogP contribution is -2.28. The summed E-state index contributed by atoms with van der Waals surface area (Å²) < 4.78 is 5.82. The predicted molar refractivity (Wildman–Crippen MR) is 69.3 cm³/mol. The zero-order chi connectivity index (χ0) is 12.8. The van der Waals surface area contributed by atoms with Crippen LogP contribution >= 0.6 is 15.9 Å². The van der Waals surface area contributed by atoms with Crippen molar-refractivity contribution in [3.63, 3.8) is 0 Å². The van der Waals surface area contributed by atoms with E-state index in [1.54, 1.807) is 31.4 Å². The van der Waals surface area contributed by atoms with Gasteiger partial charge in [0.2, 0.25) is 0 Å². The summed E-state index contributed by atoms with van der Waals surface area (Å²) in [5.74, 6) is -0.259. The molecule has 0 saturated heterocycles. The standard InChI is InChI=1S/C12H14BrNO3/c1-3-6-14-11(12(15)16)8-4-5-10(17-2)9(13)7-8/h3-5,7,11,14H,1,6H2,2H3,(H,15,16). The molecule has 0 bridgehead atoms. The van der Waals surface area contributed by atoms with Crippen LogP contribution in [0.3, 0.4) is 0 Å². The van der Waals surface area contributed by atoms with Gasteiger partial charge in [0.1, 0.15) is 11.8 Å². The Kier molecular flexibility index (Phi) is 5.18. The average Bonchev–Trinajstić information content (AvgIpc) is 2.29. The molecule has 1 rings (SSSR count). The molecule has 0 aliphatic rings. The molecule has 0 fully saturated rings. The first-order chi connectivity index (χ1) is 8.10. The van der Waals surface area contributed by atoms with Gasteiger partial charge in [0.25, 0.3) is 0 Å². The summed E-state index contributed by atoms with van der Waals surface area (Å²) in [6.45, 7) is 3.98. The minimum Gasteiger partial charge on any atom is -0.496 e. The number of nitrogens with one attached hydrogen (secondary N) is 1. The molecule has 0 saturated carbocycles. The molecule has 0 aliphatic heterocycles. The van der Waals surface area contributed by atoms with Crippen molar-refractivity contribution < 1.29 is 14.6 Å². The van der Waals surface area contributed by atoms with Crippen molar-refractivity contribution >= 4 is 21.9 Å². The summed E-state index contributed by atoms with van der Waals surface area (Å²) in [5, 5.41) is 12.0. The summed E-state index contributed by atoms with van der Waals surface area (Å²) in [7, 11) is 1.56. The van der Waals surface area contributed by atoms with Crippen LogP contribution in [0.5, 0.6) is 5.75 Å². The number of carbonyl (C=O) groups is 1. The maximum Gasteiger partial charge on any atom is 0.325 e. The molecule has 0 aliphatic carbocycles. The van der Waals surface area contributed by atoms with Gasteiger partial charge in [-0.05, 0) is 33.6 Å².